The largest absolute Gasteiger partial charge is 0.467 e. The third-order valence-corrected chi connectivity index (χ3v) is 22.9. The number of rotatable bonds is 25. The van der Waals surface area contributed by atoms with E-state index >= 15 is 0 Å². The van der Waals surface area contributed by atoms with E-state index in [-0.39, 0.29) is 41.0 Å². The number of nitrogens with two attached hydrogens (primary N) is 1. The minimum absolute atomic E-state index is 0.0229. The van der Waals surface area contributed by atoms with Crippen molar-refractivity contribution in [1.29, 1.82) is 0 Å². The van der Waals surface area contributed by atoms with Gasteiger partial charge in [-0.3, -0.25) is 9.59 Å². The molecule has 0 aromatic heterocycles. The molecule has 0 unspecified atom stereocenters. The van der Waals surface area contributed by atoms with Gasteiger partial charge in [-0.2, -0.15) is 0 Å². The highest BCUT2D eigenvalue weighted by Crippen LogP contribution is 2.40. The van der Waals surface area contributed by atoms with E-state index in [1.165, 1.54) is 0 Å². The number of primary amides is 1. The molecule has 13 heteroatoms. The smallest absolute Gasteiger partial charge is 0.329 e. The van der Waals surface area contributed by atoms with E-state index < -0.39 is 42.8 Å². The maximum atomic E-state index is 14.4. The Kier molecular flexibility index (Phi) is 20.2. The molecule has 0 saturated carbocycles. The van der Waals surface area contributed by atoms with E-state index in [1.807, 2.05) is 12.1 Å². The summed E-state index contributed by atoms with van der Waals surface area (Å²) in [7, 11) is -5.63. The van der Waals surface area contributed by atoms with Crippen molar-refractivity contribution in [2.45, 2.75) is 205 Å². The fourth-order valence-corrected chi connectivity index (χ4v) is 9.78. The van der Waals surface area contributed by atoms with Crippen LogP contribution in [0, 0.1) is 0 Å². The summed E-state index contributed by atoms with van der Waals surface area (Å²) in [4.78, 5) is 42.7. The number of likely N-dealkylation sites (tertiary alicyclic amines) is 1. The third-order valence-electron chi connectivity index (χ3n) is 12.2. The topological polar surface area (TPSA) is 127 Å². The van der Waals surface area contributed by atoms with E-state index in [0.717, 1.165) is 57.4 Å². The summed E-state index contributed by atoms with van der Waals surface area (Å²) < 4.78 is 31.4. The fourth-order valence-electron chi connectivity index (χ4n) is 6.36. The van der Waals surface area contributed by atoms with Crippen LogP contribution in [0.3, 0.4) is 0 Å². The van der Waals surface area contributed by atoms with E-state index in [1.54, 1.807) is 17.0 Å². The Hall–Kier alpha value is -2.04. The van der Waals surface area contributed by atoms with Gasteiger partial charge in [0, 0.05) is 27.6 Å². The highest BCUT2D eigenvalue weighted by molar-refractivity contribution is 6.76. The van der Waals surface area contributed by atoms with Crippen LogP contribution in [0.2, 0.25) is 61.9 Å². The van der Waals surface area contributed by atoms with Gasteiger partial charge in [0.2, 0.25) is 5.91 Å². The van der Waals surface area contributed by atoms with Crippen molar-refractivity contribution < 1.29 is 37.4 Å². The molecule has 1 aliphatic heterocycles. The quantitative estimate of drug-likeness (QED) is 0.0446. The fraction of sp³-hybridized carbons (Fsp3) is 0.795. The maximum absolute atomic E-state index is 14.4. The van der Waals surface area contributed by atoms with Gasteiger partial charge in [-0.25, -0.2) is 4.79 Å². The summed E-state index contributed by atoms with van der Waals surface area (Å²) in [6.45, 7) is 31.8. The molecule has 2 rings (SSSR count). The molecule has 0 bridgehead atoms. The molecule has 57 heavy (non-hydrogen) atoms. The molecule has 1 aromatic carbocycles. The summed E-state index contributed by atoms with van der Waals surface area (Å²) in [5, 5.41) is -0.0564. The van der Waals surface area contributed by atoms with Gasteiger partial charge in [-0.05, 0) is 86.5 Å². The number of carbonyl (C=O) groups is 3. The Bertz CT molecular complexity index is 1400. The maximum Gasteiger partial charge on any atom is 0.329 e. The van der Waals surface area contributed by atoms with E-state index in [0.29, 0.717) is 43.7 Å². The molecule has 0 aliphatic carbocycles. The van der Waals surface area contributed by atoms with Crippen molar-refractivity contribution in [3.8, 4) is 5.75 Å². The monoisotopic (exact) mass is 851 g/mol. The van der Waals surface area contributed by atoms with Crippen LogP contribution in [-0.2, 0) is 27.9 Å². The molecule has 0 radical (unpaired) electrons. The standard InChI is InChI=1S/C44H82N2O8Si3/c1-15-16-17-19-24-34(25-20-18-21-28-39(40(45)47)54-57(13,14)44(5,6)7)52-42(49)37-31-35(53-56(11,12)43(2,3)4)32-46(37)41(48)36-26-22-23-27-38(36)51-33-50-29-30-55(8,9)10/h22-23,26-27,34-35,37,39H,15-21,24-25,28-33H2,1-14H3,(H2,45,47)/t34-,35-,37+,39-/m1/s1. The van der Waals surface area contributed by atoms with Gasteiger partial charge >= 0.3 is 5.97 Å². The number of hydrogen-bond donors (Lipinski definition) is 1. The van der Waals surface area contributed by atoms with Crippen molar-refractivity contribution in [2.75, 3.05) is 19.9 Å². The Morgan fingerprint density at radius 3 is 1.96 bits per heavy atom. The first-order chi connectivity index (χ1) is 26.3. The third kappa shape index (κ3) is 17.2. The number of nitrogens with zero attached hydrogens (tertiary/aromatic N) is 1. The number of ether oxygens (including phenoxy) is 3. The summed E-state index contributed by atoms with van der Waals surface area (Å²) in [6, 6.07) is 7.42. The van der Waals surface area contributed by atoms with Crippen LogP contribution in [0.4, 0.5) is 0 Å². The zero-order chi connectivity index (χ0) is 43.2. The van der Waals surface area contributed by atoms with Crippen molar-refractivity contribution >= 4 is 42.5 Å². The molecule has 2 amide bonds. The SMILES string of the molecule is CCCCCC[C@H](CCCCC[C@@H](O[Si](C)(C)C(C)(C)C)C(N)=O)OC(=O)[C@@H]1C[C@@H](O[Si](C)(C)C(C)(C)C)CN1C(=O)c1ccccc1OCOCC[Si](C)(C)C. The molecule has 1 fully saturated rings. The molecular formula is C44H82N2O8Si3. The summed E-state index contributed by atoms with van der Waals surface area (Å²) in [5.74, 6) is -0.637. The van der Waals surface area contributed by atoms with Crippen LogP contribution < -0.4 is 10.5 Å². The molecule has 328 valence electrons. The number of amides is 2. The first-order valence-corrected chi connectivity index (χ1v) is 31.3. The molecule has 10 nitrogen and oxygen atoms in total. The highest BCUT2D eigenvalue weighted by atomic mass is 28.4. The zero-order valence-corrected chi connectivity index (χ0v) is 41.5. The van der Waals surface area contributed by atoms with Crippen LogP contribution >= 0.6 is 0 Å². The van der Waals surface area contributed by atoms with Crippen molar-refractivity contribution in [1.82, 2.24) is 4.90 Å². The van der Waals surface area contributed by atoms with Gasteiger partial charge in [0.05, 0.1) is 11.7 Å². The van der Waals surface area contributed by atoms with Gasteiger partial charge < -0.3 is 33.7 Å². The summed E-state index contributed by atoms with van der Waals surface area (Å²) in [5.41, 5.74) is 6.18. The normalized spacial score (nSPS) is 18.0. The molecule has 1 heterocycles. The number of esters is 1. The highest BCUT2D eigenvalue weighted by Gasteiger charge is 2.47. The van der Waals surface area contributed by atoms with Crippen LogP contribution in [-0.4, -0.2) is 91.7 Å². The molecule has 2 N–H and O–H groups in total. The average molecular weight is 851 g/mol. The Labute approximate surface area is 350 Å². The van der Waals surface area contributed by atoms with Gasteiger partial charge in [0.15, 0.2) is 23.4 Å². The van der Waals surface area contributed by atoms with Gasteiger partial charge in [0.25, 0.3) is 5.91 Å². The van der Waals surface area contributed by atoms with Gasteiger partial charge in [-0.1, -0.05) is 112 Å². The lowest BCUT2D eigenvalue weighted by Gasteiger charge is -2.38. The lowest BCUT2D eigenvalue weighted by molar-refractivity contribution is -0.154. The van der Waals surface area contributed by atoms with E-state index in [9.17, 15) is 14.4 Å². The molecule has 1 saturated heterocycles. The van der Waals surface area contributed by atoms with Gasteiger partial charge in [0.1, 0.15) is 24.0 Å². The number of carbonyl (C=O) groups excluding carboxylic acids is 3. The predicted octanol–water partition coefficient (Wildman–Crippen LogP) is 10.7. The molecule has 1 aromatic rings. The van der Waals surface area contributed by atoms with E-state index in [4.69, 9.17) is 28.8 Å². The minimum Gasteiger partial charge on any atom is -0.467 e. The minimum atomic E-state index is -2.21. The zero-order valence-electron chi connectivity index (χ0n) is 38.5. The van der Waals surface area contributed by atoms with Crippen LogP contribution in [0.1, 0.15) is 129 Å². The van der Waals surface area contributed by atoms with Crippen LogP contribution in [0.15, 0.2) is 24.3 Å². The van der Waals surface area contributed by atoms with Crippen molar-refractivity contribution in [3.05, 3.63) is 29.8 Å². The molecule has 1 aliphatic rings. The lowest BCUT2D eigenvalue weighted by atomic mass is 10.0. The Morgan fingerprint density at radius 1 is 0.825 bits per heavy atom. The number of para-hydroxylation sites is 1. The first kappa shape index (κ1) is 51.1. The molecule has 0 spiro atoms. The Morgan fingerprint density at radius 2 is 1.40 bits per heavy atom. The van der Waals surface area contributed by atoms with Crippen LogP contribution in [0.5, 0.6) is 5.75 Å². The summed E-state index contributed by atoms with van der Waals surface area (Å²) >= 11 is 0. The predicted molar refractivity (Wildman–Crippen MR) is 241 cm³/mol. The second kappa shape index (κ2) is 22.5. The average Bonchev–Trinajstić information content (AvgIpc) is 3.50. The van der Waals surface area contributed by atoms with Crippen molar-refractivity contribution in [2.24, 2.45) is 5.73 Å². The van der Waals surface area contributed by atoms with Crippen LogP contribution in [0.25, 0.3) is 0 Å². The van der Waals surface area contributed by atoms with Crippen molar-refractivity contribution in [3.63, 3.8) is 0 Å². The van der Waals surface area contributed by atoms with Gasteiger partial charge in [-0.15, -0.1) is 0 Å². The number of benzene rings is 1. The second-order valence-corrected chi connectivity index (χ2v) is 35.6. The lowest BCUT2D eigenvalue weighted by Crippen LogP contribution is -2.47. The Balaban J connectivity index is 2.24. The van der Waals surface area contributed by atoms with E-state index in [2.05, 4.69) is 94.3 Å². The number of unbranched alkanes of at least 4 members (excludes halogenated alkanes) is 5. The number of hydrogen-bond acceptors (Lipinski definition) is 8. The summed E-state index contributed by atoms with van der Waals surface area (Å²) in [6.07, 6.45) is 8.05. The first-order valence-electron chi connectivity index (χ1n) is 21.8. The molecular weight excluding hydrogens is 769 g/mol. The molecule has 4 atom stereocenters. The second-order valence-electron chi connectivity index (χ2n) is 20.5.